The zero-order valence-corrected chi connectivity index (χ0v) is 13.4. The number of hydrogen-bond donors (Lipinski definition) is 1. The number of nitrogens with zero attached hydrogens (tertiary/aromatic N) is 1. The van der Waals surface area contributed by atoms with Crippen LogP contribution in [0.2, 0.25) is 0 Å². The van der Waals surface area contributed by atoms with Crippen molar-refractivity contribution < 1.29 is 22.7 Å². The molecule has 0 spiro atoms. The van der Waals surface area contributed by atoms with Gasteiger partial charge >= 0.3 is 6.36 Å². The van der Waals surface area contributed by atoms with Gasteiger partial charge in [0.2, 0.25) is 5.91 Å². The van der Waals surface area contributed by atoms with Gasteiger partial charge in [0, 0.05) is 25.2 Å². The molecule has 2 bridgehead atoms. The summed E-state index contributed by atoms with van der Waals surface area (Å²) < 4.78 is 41.5. The second-order valence-corrected chi connectivity index (χ2v) is 6.79. The second-order valence-electron chi connectivity index (χ2n) is 6.79. The Kier molecular flexibility index (Phi) is 4.46. The highest BCUT2D eigenvalue weighted by molar-refractivity contribution is 5.80. The summed E-state index contributed by atoms with van der Waals surface area (Å²) in [7, 11) is 1.60. The van der Waals surface area contributed by atoms with Gasteiger partial charge in [-0.05, 0) is 37.2 Å². The van der Waals surface area contributed by atoms with Gasteiger partial charge < -0.3 is 15.4 Å². The molecule has 1 aromatic rings. The van der Waals surface area contributed by atoms with Crippen LogP contribution >= 0.6 is 0 Å². The van der Waals surface area contributed by atoms with Crippen LogP contribution in [0, 0.1) is 17.8 Å². The number of halogens is 3. The number of fused-ring (bicyclic) bond motifs is 2. The normalized spacial score (nSPS) is 28.9. The van der Waals surface area contributed by atoms with Crippen LogP contribution in [0.3, 0.4) is 0 Å². The van der Waals surface area contributed by atoms with Crippen molar-refractivity contribution in [1.82, 2.24) is 4.90 Å². The lowest BCUT2D eigenvalue weighted by molar-refractivity contribution is -0.275. The Labute approximate surface area is 138 Å². The number of amides is 1. The van der Waals surface area contributed by atoms with Gasteiger partial charge in [-0.15, -0.1) is 13.2 Å². The zero-order chi connectivity index (χ0) is 17.5. The average molecular weight is 342 g/mol. The first-order valence-corrected chi connectivity index (χ1v) is 8.10. The van der Waals surface area contributed by atoms with Gasteiger partial charge in [-0.25, -0.2) is 0 Å². The molecule has 2 N–H and O–H groups in total. The fourth-order valence-corrected chi connectivity index (χ4v) is 4.15. The molecule has 7 heteroatoms. The molecule has 3 rings (SSSR count). The second kappa shape index (κ2) is 6.27. The molecular weight excluding hydrogens is 321 g/mol. The quantitative estimate of drug-likeness (QED) is 0.915. The molecule has 4 unspecified atom stereocenters. The lowest BCUT2D eigenvalue weighted by atomic mass is 9.84. The van der Waals surface area contributed by atoms with E-state index < -0.39 is 6.36 Å². The van der Waals surface area contributed by atoms with Gasteiger partial charge in [-0.2, -0.15) is 0 Å². The molecule has 0 aromatic heterocycles. The van der Waals surface area contributed by atoms with Gasteiger partial charge in [0.25, 0.3) is 0 Å². The van der Waals surface area contributed by atoms with Crippen LogP contribution in [-0.4, -0.2) is 30.3 Å². The third kappa shape index (κ3) is 3.36. The van der Waals surface area contributed by atoms with E-state index in [4.69, 9.17) is 5.73 Å². The Morgan fingerprint density at radius 1 is 1.29 bits per heavy atom. The minimum atomic E-state index is -4.76. The van der Waals surface area contributed by atoms with Crippen molar-refractivity contribution in [2.45, 2.75) is 38.2 Å². The molecule has 1 aromatic carbocycles. The van der Waals surface area contributed by atoms with E-state index in [2.05, 4.69) is 4.74 Å². The summed E-state index contributed by atoms with van der Waals surface area (Å²) in [5, 5.41) is 0. The number of ether oxygens (including phenoxy) is 1. The van der Waals surface area contributed by atoms with Crippen molar-refractivity contribution >= 4 is 5.91 Å². The van der Waals surface area contributed by atoms with Crippen LogP contribution in [0.1, 0.15) is 24.8 Å². The molecule has 2 aliphatic rings. The lowest BCUT2D eigenvalue weighted by Gasteiger charge is -2.31. The fourth-order valence-electron chi connectivity index (χ4n) is 4.15. The molecule has 24 heavy (non-hydrogen) atoms. The first kappa shape index (κ1) is 17.1. The molecule has 0 radical (unpaired) electrons. The number of carbonyl (C=O) groups excluding carboxylic acids is 1. The summed E-state index contributed by atoms with van der Waals surface area (Å²) in [6, 6.07) is 5.74. The first-order chi connectivity index (χ1) is 11.3. The zero-order valence-electron chi connectivity index (χ0n) is 13.4. The van der Waals surface area contributed by atoms with Gasteiger partial charge in [0.1, 0.15) is 5.75 Å². The highest BCUT2D eigenvalue weighted by Crippen LogP contribution is 2.48. The molecule has 0 aliphatic heterocycles. The monoisotopic (exact) mass is 342 g/mol. The number of para-hydroxylation sites is 1. The maximum absolute atomic E-state index is 12.7. The Balaban J connectivity index is 1.71. The van der Waals surface area contributed by atoms with Crippen LogP contribution in [-0.2, 0) is 11.3 Å². The average Bonchev–Trinajstić information content (AvgIpc) is 3.08. The Hall–Kier alpha value is -1.76. The van der Waals surface area contributed by atoms with Crippen LogP contribution in [0.25, 0.3) is 0 Å². The lowest BCUT2D eigenvalue weighted by Crippen LogP contribution is -2.45. The van der Waals surface area contributed by atoms with Gasteiger partial charge in [0.15, 0.2) is 0 Å². The number of carbonyl (C=O) groups is 1. The van der Waals surface area contributed by atoms with E-state index >= 15 is 0 Å². The van der Waals surface area contributed by atoms with Crippen LogP contribution in [0.15, 0.2) is 24.3 Å². The van der Waals surface area contributed by atoms with E-state index in [-0.39, 0.29) is 30.2 Å². The highest BCUT2D eigenvalue weighted by atomic mass is 19.4. The smallest absolute Gasteiger partial charge is 0.405 e. The third-order valence-corrected chi connectivity index (χ3v) is 5.25. The number of nitrogens with two attached hydrogens (primary N) is 1. The summed E-state index contributed by atoms with van der Waals surface area (Å²) in [5.74, 6) is 0.127. The molecule has 132 valence electrons. The Morgan fingerprint density at radius 2 is 1.96 bits per heavy atom. The minimum absolute atomic E-state index is 0.0612. The summed E-state index contributed by atoms with van der Waals surface area (Å²) >= 11 is 0. The standard InChI is InChI=1S/C17H21F3N2O2/c1-22(16(23)14-10-6-7-11(8-10)15(14)21)9-12-4-2-3-5-13(12)24-17(18,19)20/h2-5,10-11,14-15H,6-9,21H2,1H3. The predicted octanol–water partition coefficient (Wildman–Crippen LogP) is 2.92. The number of hydrogen-bond acceptors (Lipinski definition) is 3. The van der Waals surface area contributed by atoms with Crippen molar-refractivity contribution in [3.05, 3.63) is 29.8 Å². The first-order valence-electron chi connectivity index (χ1n) is 8.10. The van der Waals surface area contributed by atoms with Crippen LogP contribution in [0.4, 0.5) is 13.2 Å². The fraction of sp³-hybridized carbons (Fsp3) is 0.588. The molecule has 4 atom stereocenters. The summed E-state index contributed by atoms with van der Waals surface area (Å²) in [4.78, 5) is 14.2. The van der Waals surface area contributed by atoms with Crippen molar-refractivity contribution in [3.63, 3.8) is 0 Å². The maximum Gasteiger partial charge on any atom is 0.573 e. The van der Waals surface area contributed by atoms with Gasteiger partial charge in [0.05, 0.1) is 5.92 Å². The molecule has 4 nitrogen and oxygen atoms in total. The largest absolute Gasteiger partial charge is 0.573 e. The van der Waals surface area contributed by atoms with Crippen molar-refractivity contribution in [3.8, 4) is 5.75 Å². The van der Waals surface area contributed by atoms with E-state index in [0.29, 0.717) is 17.4 Å². The summed E-state index contributed by atoms with van der Waals surface area (Å²) in [5.41, 5.74) is 6.51. The number of rotatable bonds is 4. The van der Waals surface area contributed by atoms with Crippen molar-refractivity contribution in [2.24, 2.45) is 23.5 Å². The number of alkyl halides is 3. The SMILES string of the molecule is CN(Cc1ccccc1OC(F)(F)F)C(=O)C1C2CCC(C2)C1N. The van der Waals surface area contributed by atoms with E-state index in [1.165, 1.54) is 23.1 Å². The summed E-state index contributed by atoms with van der Waals surface area (Å²) in [6.07, 6.45) is -1.69. The molecule has 2 fully saturated rings. The highest BCUT2D eigenvalue weighted by Gasteiger charge is 2.49. The number of benzene rings is 1. The van der Waals surface area contributed by atoms with E-state index in [1.807, 2.05) is 0 Å². The molecular formula is C17H21F3N2O2. The molecule has 1 amide bonds. The third-order valence-electron chi connectivity index (χ3n) is 5.25. The molecule has 0 saturated heterocycles. The van der Waals surface area contributed by atoms with E-state index in [1.54, 1.807) is 13.1 Å². The summed E-state index contributed by atoms with van der Waals surface area (Å²) in [6.45, 7) is 0.0612. The molecule has 0 heterocycles. The van der Waals surface area contributed by atoms with Crippen molar-refractivity contribution in [1.29, 1.82) is 0 Å². The van der Waals surface area contributed by atoms with Crippen LogP contribution in [0.5, 0.6) is 5.75 Å². The minimum Gasteiger partial charge on any atom is -0.405 e. The van der Waals surface area contributed by atoms with Gasteiger partial charge in [-0.1, -0.05) is 18.2 Å². The molecule has 2 saturated carbocycles. The topological polar surface area (TPSA) is 55.6 Å². The van der Waals surface area contributed by atoms with Crippen LogP contribution < -0.4 is 10.5 Å². The maximum atomic E-state index is 12.7. The van der Waals surface area contributed by atoms with E-state index in [9.17, 15) is 18.0 Å². The Morgan fingerprint density at radius 3 is 2.58 bits per heavy atom. The molecule has 2 aliphatic carbocycles. The predicted molar refractivity (Wildman–Crippen MR) is 81.9 cm³/mol. The Bertz CT molecular complexity index is 618. The van der Waals surface area contributed by atoms with E-state index in [0.717, 1.165) is 19.3 Å². The van der Waals surface area contributed by atoms with Gasteiger partial charge in [-0.3, -0.25) is 4.79 Å². The van der Waals surface area contributed by atoms with Crippen molar-refractivity contribution in [2.75, 3.05) is 7.05 Å².